The summed E-state index contributed by atoms with van der Waals surface area (Å²) in [6.07, 6.45) is 8.72. The van der Waals surface area contributed by atoms with Gasteiger partial charge in [0.25, 0.3) is 0 Å². The lowest BCUT2D eigenvalue weighted by molar-refractivity contribution is -0.135. The van der Waals surface area contributed by atoms with Crippen molar-refractivity contribution in [3.8, 4) is 0 Å². The molecule has 4 saturated carbocycles. The molecule has 0 radical (unpaired) electrons. The standard InChI is InChI=1S/C22H31NO3/c1-4-11-26-23-18-13-14-12-15(24)7-9-21(14,2)17-8-10-22(3)16(20(17)18)5-6-19(22)25/h4,14,16-17,20H,1,5-13H2,2-3H3/b23-18+/t14?,16-,17+,20-,21-,22-/m0/s1. The lowest BCUT2D eigenvalue weighted by Crippen LogP contribution is -2.57. The number of oxime groups is 1. The predicted octanol–water partition coefficient (Wildman–Crippen LogP) is 4.34. The van der Waals surface area contributed by atoms with Crippen LogP contribution in [-0.2, 0) is 14.4 Å². The molecule has 4 aliphatic rings. The molecule has 4 aliphatic carbocycles. The van der Waals surface area contributed by atoms with Gasteiger partial charge in [0.15, 0.2) is 0 Å². The van der Waals surface area contributed by atoms with E-state index in [0.29, 0.717) is 54.7 Å². The van der Waals surface area contributed by atoms with Gasteiger partial charge in [-0.2, -0.15) is 0 Å². The molecule has 142 valence electrons. The monoisotopic (exact) mass is 357 g/mol. The topological polar surface area (TPSA) is 55.7 Å². The molecule has 0 saturated heterocycles. The van der Waals surface area contributed by atoms with Crippen LogP contribution in [0.25, 0.3) is 0 Å². The summed E-state index contributed by atoms with van der Waals surface area (Å²) in [4.78, 5) is 30.3. The second-order valence-electron chi connectivity index (χ2n) is 9.47. The minimum atomic E-state index is -0.186. The van der Waals surface area contributed by atoms with Gasteiger partial charge in [-0.25, -0.2) is 0 Å². The first kappa shape index (κ1) is 17.9. The largest absolute Gasteiger partial charge is 0.392 e. The fraction of sp³-hybridized carbons (Fsp3) is 0.773. The average molecular weight is 357 g/mol. The van der Waals surface area contributed by atoms with Gasteiger partial charge >= 0.3 is 0 Å². The van der Waals surface area contributed by atoms with Crippen LogP contribution in [0.5, 0.6) is 0 Å². The summed E-state index contributed by atoms with van der Waals surface area (Å²) < 4.78 is 0. The minimum absolute atomic E-state index is 0.186. The number of rotatable bonds is 3. The summed E-state index contributed by atoms with van der Waals surface area (Å²) in [5.74, 6) is 2.45. The van der Waals surface area contributed by atoms with Crippen molar-refractivity contribution in [3.05, 3.63) is 12.7 Å². The molecule has 6 atom stereocenters. The Morgan fingerprint density at radius 1 is 1.15 bits per heavy atom. The summed E-state index contributed by atoms with van der Waals surface area (Å²) in [7, 11) is 0. The van der Waals surface area contributed by atoms with Crippen molar-refractivity contribution >= 4 is 17.3 Å². The number of carbonyl (C=O) groups excluding carboxylic acids is 2. The van der Waals surface area contributed by atoms with E-state index in [1.54, 1.807) is 6.08 Å². The lowest BCUT2D eigenvalue weighted by atomic mass is 9.45. The minimum Gasteiger partial charge on any atom is -0.392 e. The van der Waals surface area contributed by atoms with Crippen LogP contribution in [0.15, 0.2) is 17.8 Å². The van der Waals surface area contributed by atoms with Gasteiger partial charge in [-0.05, 0) is 55.3 Å². The zero-order valence-electron chi connectivity index (χ0n) is 16.1. The molecular weight excluding hydrogens is 326 g/mol. The maximum atomic E-state index is 12.6. The number of ketones is 2. The second kappa shape index (κ2) is 6.31. The van der Waals surface area contributed by atoms with E-state index in [1.807, 2.05) is 0 Å². The Labute approximate surface area is 156 Å². The molecule has 4 nitrogen and oxygen atoms in total. The molecule has 0 aromatic heterocycles. The highest BCUT2D eigenvalue weighted by atomic mass is 16.6. The quantitative estimate of drug-likeness (QED) is 0.429. The highest BCUT2D eigenvalue weighted by Crippen LogP contribution is 2.64. The molecule has 26 heavy (non-hydrogen) atoms. The van der Waals surface area contributed by atoms with Crippen LogP contribution in [0.1, 0.15) is 65.2 Å². The van der Waals surface area contributed by atoms with Crippen LogP contribution < -0.4 is 0 Å². The van der Waals surface area contributed by atoms with E-state index in [1.165, 1.54) is 0 Å². The number of nitrogens with zero attached hydrogens (tertiary/aromatic N) is 1. The number of hydrogen-bond donors (Lipinski definition) is 0. The number of fused-ring (bicyclic) bond motifs is 5. The molecule has 0 bridgehead atoms. The van der Waals surface area contributed by atoms with Crippen molar-refractivity contribution in [1.82, 2.24) is 0 Å². The van der Waals surface area contributed by atoms with Gasteiger partial charge in [0.05, 0.1) is 5.71 Å². The van der Waals surface area contributed by atoms with E-state index in [-0.39, 0.29) is 10.8 Å². The molecule has 0 N–H and O–H groups in total. The summed E-state index contributed by atoms with van der Waals surface area (Å²) in [6, 6.07) is 0. The van der Waals surface area contributed by atoms with Crippen LogP contribution in [0.2, 0.25) is 0 Å². The molecule has 0 aromatic rings. The van der Waals surface area contributed by atoms with E-state index in [0.717, 1.165) is 44.2 Å². The predicted molar refractivity (Wildman–Crippen MR) is 101 cm³/mol. The third kappa shape index (κ3) is 2.51. The van der Waals surface area contributed by atoms with Crippen molar-refractivity contribution in [2.45, 2.75) is 65.2 Å². The number of carbonyl (C=O) groups is 2. The van der Waals surface area contributed by atoms with Gasteiger partial charge in [0.2, 0.25) is 0 Å². The highest BCUT2D eigenvalue weighted by Gasteiger charge is 2.62. The summed E-state index contributed by atoms with van der Waals surface area (Å²) in [5, 5.41) is 4.54. The first-order valence-electron chi connectivity index (χ1n) is 10.2. The molecule has 0 amide bonds. The Balaban J connectivity index is 1.73. The van der Waals surface area contributed by atoms with Gasteiger partial charge < -0.3 is 4.84 Å². The lowest BCUT2D eigenvalue weighted by Gasteiger charge is -2.59. The SMILES string of the molecule is C=CCO/N=C1\CC2CC(=O)CC[C@]2(C)[C@@H]2CC[C@]3(C)C(=O)CC[C@H]3[C@H]12. The van der Waals surface area contributed by atoms with Gasteiger partial charge in [-0.15, -0.1) is 0 Å². The normalized spacial score (nSPS) is 46.5. The third-order valence-corrected chi connectivity index (χ3v) is 8.39. The number of hydrogen-bond acceptors (Lipinski definition) is 4. The fourth-order valence-electron chi connectivity index (χ4n) is 6.79. The van der Waals surface area contributed by atoms with Gasteiger partial charge in [-0.1, -0.05) is 31.7 Å². The van der Waals surface area contributed by atoms with E-state index in [2.05, 4.69) is 25.6 Å². The van der Waals surface area contributed by atoms with Gasteiger partial charge in [0.1, 0.15) is 18.2 Å². The van der Waals surface area contributed by atoms with Crippen molar-refractivity contribution in [2.24, 2.45) is 39.7 Å². The van der Waals surface area contributed by atoms with Gasteiger partial charge in [-0.3, -0.25) is 9.59 Å². The molecule has 0 heterocycles. The van der Waals surface area contributed by atoms with Crippen LogP contribution in [0.4, 0.5) is 0 Å². The molecule has 0 aliphatic heterocycles. The Hall–Kier alpha value is -1.45. The van der Waals surface area contributed by atoms with Gasteiger partial charge in [0, 0.05) is 30.6 Å². The molecular formula is C22H31NO3. The molecule has 0 aromatic carbocycles. The maximum absolute atomic E-state index is 12.6. The Kier molecular flexibility index (Phi) is 4.36. The van der Waals surface area contributed by atoms with Crippen LogP contribution in [0.3, 0.4) is 0 Å². The van der Waals surface area contributed by atoms with Crippen LogP contribution >= 0.6 is 0 Å². The average Bonchev–Trinajstić information content (AvgIpc) is 2.91. The summed E-state index contributed by atoms with van der Waals surface area (Å²) >= 11 is 0. The Bertz CT molecular complexity index is 668. The van der Waals surface area contributed by atoms with E-state index < -0.39 is 0 Å². The van der Waals surface area contributed by atoms with E-state index >= 15 is 0 Å². The molecule has 1 unspecified atom stereocenters. The van der Waals surface area contributed by atoms with Crippen molar-refractivity contribution in [3.63, 3.8) is 0 Å². The van der Waals surface area contributed by atoms with Crippen LogP contribution in [-0.4, -0.2) is 23.9 Å². The van der Waals surface area contributed by atoms with Crippen molar-refractivity contribution in [1.29, 1.82) is 0 Å². The molecule has 4 rings (SSSR count). The number of Topliss-reactive ketones (excluding diaryl/α,β-unsaturated/α-hetero) is 2. The fourth-order valence-corrected chi connectivity index (χ4v) is 6.79. The van der Waals surface area contributed by atoms with Crippen molar-refractivity contribution in [2.75, 3.05) is 6.61 Å². The molecule has 4 heteroatoms. The Morgan fingerprint density at radius 2 is 1.96 bits per heavy atom. The van der Waals surface area contributed by atoms with E-state index in [9.17, 15) is 9.59 Å². The third-order valence-electron chi connectivity index (χ3n) is 8.39. The van der Waals surface area contributed by atoms with Crippen LogP contribution in [0, 0.1) is 34.5 Å². The smallest absolute Gasteiger partial charge is 0.139 e. The second-order valence-corrected chi connectivity index (χ2v) is 9.47. The van der Waals surface area contributed by atoms with Crippen molar-refractivity contribution < 1.29 is 14.4 Å². The first-order chi connectivity index (χ1) is 12.4. The zero-order valence-corrected chi connectivity index (χ0v) is 16.1. The molecule has 0 spiro atoms. The Morgan fingerprint density at radius 3 is 2.73 bits per heavy atom. The zero-order chi connectivity index (χ0) is 18.5. The first-order valence-corrected chi connectivity index (χ1v) is 10.2. The van der Waals surface area contributed by atoms with E-state index in [4.69, 9.17) is 4.84 Å². The summed E-state index contributed by atoms with van der Waals surface area (Å²) in [5.41, 5.74) is 1.12. The highest BCUT2D eigenvalue weighted by molar-refractivity contribution is 5.93. The maximum Gasteiger partial charge on any atom is 0.139 e. The summed E-state index contributed by atoms with van der Waals surface area (Å²) in [6.45, 7) is 8.70. The molecule has 4 fully saturated rings.